The fourth-order valence-electron chi connectivity index (χ4n) is 3.49. The van der Waals surface area contributed by atoms with Crippen molar-refractivity contribution in [1.29, 1.82) is 0 Å². The quantitative estimate of drug-likeness (QED) is 0.693. The van der Waals surface area contributed by atoms with E-state index in [4.69, 9.17) is 14.2 Å². The van der Waals surface area contributed by atoms with E-state index in [2.05, 4.69) is 10.2 Å². The Bertz CT molecular complexity index is 893. The predicted octanol–water partition coefficient (Wildman–Crippen LogP) is 1.90. The molecule has 166 valence electrons. The van der Waals surface area contributed by atoms with Crippen molar-refractivity contribution in [3.8, 4) is 17.2 Å². The standard InChI is InChI=1S/C23H29N3O5/c1-29-18-6-4-17(5-7-18)22(27)24-10-11-25-12-14-26(15-13-25)23(28)20-9-8-19(30-2)16-21(20)31-3/h4-9,16H,10-15H2,1-3H3,(H,24,27). The number of ether oxygens (including phenoxy) is 3. The fourth-order valence-corrected chi connectivity index (χ4v) is 3.49. The molecule has 1 N–H and O–H groups in total. The van der Waals surface area contributed by atoms with Gasteiger partial charge < -0.3 is 24.4 Å². The molecule has 0 atom stereocenters. The van der Waals surface area contributed by atoms with Crippen molar-refractivity contribution < 1.29 is 23.8 Å². The lowest BCUT2D eigenvalue weighted by Gasteiger charge is -2.35. The lowest BCUT2D eigenvalue weighted by molar-refractivity contribution is 0.0635. The molecule has 0 unspecified atom stereocenters. The second-order valence-corrected chi connectivity index (χ2v) is 7.18. The number of carbonyl (C=O) groups excluding carboxylic acids is 2. The Hall–Kier alpha value is -3.26. The van der Waals surface area contributed by atoms with Gasteiger partial charge in [0.05, 0.1) is 26.9 Å². The van der Waals surface area contributed by atoms with E-state index >= 15 is 0 Å². The summed E-state index contributed by atoms with van der Waals surface area (Å²) < 4.78 is 15.7. The maximum Gasteiger partial charge on any atom is 0.257 e. The van der Waals surface area contributed by atoms with Crippen molar-refractivity contribution in [3.63, 3.8) is 0 Å². The lowest BCUT2D eigenvalue weighted by atomic mass is 10.1. The SMILES string of the molecule is COc1ccc(C(=O)NCCN2CCN(C(=O)c3ccc(OC)cc3OC)CC2)cc1. The molecule has 0 radical (unpaired) electrons. The van der Waals surface area contributed by atoms with E-state index in [0.29, 0.717) is 42.3 Å². The monoisotopic (exact) mass is 427 g/mol. The summed E-state index contributed by atoms with van der Waals surface area (Å²) in [5.74, 6) is 1.72. The van der Waals surface area contributed by atoms with Crippen molar-refractivity contribution in [2.24, 2.45) is 0 Å². The molecule has 1 saturated heterocycles. The molecule has 0 aliphatic carbocycles. The van der Waals surface area contributed by atoms with Gasteiger partial charge in [-0.15, -0.1) is 0 Å². The molecule has 2 amide bonds. The topological polar surface area (TPSA) is 80.3 Å². The first kappa shape index (κ1) is 22.4. The van der Waals surface area contributed by atoms with Crippen LogP contribution < -0.4 is 19.5 Å². The van der Waals surface area contributed by atoms with Crippen LogP contribution in [0.5, 0.6) is 17.2 Å². The molecule has 3 rings (SSSR count). The number of rotatable bonds is 8. The summed E-state index contributed by atoms with van der Waals surface area (Å²) in [5.41, 5.74) is 1.13. The van der Waals surface area contributed by atoms with Gasteiger partial charge in [-0.2, -0.15) is 0 Å². The molecule has 2 aromatic carbocycles. The molecule has 0 spiro atoms. The van der Waals surface area contributed by atoms with Gasteiger partial charge in [0, 0.05) is 50.9 Å². The van der Waals surface area contributed by atoms with E-state index < -0.39 is 0 Å². The fraction of sp³-hybridized carbons (Fsp3) is 0.391. The number of nitrogens with one attached hydrogen (secondary N) is 1. The Balaban J connectivity index is 1.45. The molecule has 1 aliphatic rings. The Kier molecular flexibility index (Phi) is 7.72. The van der Waals surface area contributed by atoms with Crippen LogP contribution in [0.1, 0.15) is 20.7 Å². The molecule has 8 heteroatoms. The number of nitrogens with zero attached hydrogens (tertiary/aromatic N) is 2. The van der Waals surface area contributed by atoms with E-state index in [1.165, 1.54) is 0 Å². The number of hydrogen-bond acceptors (Lipinski definition) is 6. The second kappa shape index (κ2) is 10.7. The highest BCUT2D eigenvalue weighted by Gasteiger charge is 2.24. The van der Waals surface area contributed by atoms with E-state index in [0.717, 1.165) is 25.4 Å². The van der Waals surface area contributed by atoms with Gasteiger partial charge in [0.15, 0.2) is 0 Å². The normalized spacial score (nSPS) is 14.1. The maximum absolute atomic E-state index is 12.9. The van der Waals surface area contributed by atoms with Crippen molar-refractivity contribution in [2.75, 3.05) is 60.6 Å². The van der Waals surface area contributed by atoms with E-state index in [9.17, 15) is 9.59 Å². The van der Waals surface area contributed by atoms with Crippen LogP contribution >= 0.6 is 0 Å². The molecule has 0 saturated carbocycles. The summed E-state index contributed by atoms with van der Waals surface area (Å²) in [6.07, 6.45) is 0. The zero-order valence-electron chi connectivity index (χ0n) is 18.2. The molecular formula is C23H29N3O5. The third-order valence-corrected chi connectivity index (χ3v) is 5.36. The molecular weight excluding hydrogens is 398 g/mol. The van der Waals surface area contributed by atoms with E-state index in [1.54, 1.807) is 63.8 Å². The summed E-state index contributed by atoms with van der Waals surface area (Å²) in [6.45, 7) is 4.03. The van der Waals surface area contributed by atoms with Crippen LogP contribution in [-0.4, -0.2) is 82.2 Å². The molecule has 1 heterocycles. The maximum atomic E-state index is 12.9. The van der Waals surface area contributed by atoms with Crippen LogP contribution in [-0.2, 0) is 0 Å². The van der Waals surface area contributed by atoms with Gasteiger partial charge in [0.1, 0.15) is 17.2 Å². The molecule has 2 aromatic rings. The minimum atomic E-state index is -0.108. The Morgan fingerprint density at radius 2 is 1.52 bits per heavy atom. The summed E-state index contributed by atoms with van der Waals surface area (Å²) in [5, 5.41) is 2.94. The number of hydrogen-bond donors (Lipinski definition) is 1. The number of methoxy groups -OCH3 is 3. The molecule has 31 heavy (non-hydrogen) atoms. The number of carbonyl (C=O) groups is 2. The summed E-state index contributed by atoms with van der Waals surface area (Å²) in [4.78, 5) is 29.2. The first-order valence-corrected chi connectivity index (χ1v) is 10.2. The molecule has 1 fully saturated rings. The first-order valence-electron chi connectivity index (χ1n) is 10.2. The molecule has 8 nitrogen and oxygen atoms in total. The zero-order valence-corrected chi connectivity index (χ0v) is 18.2. The van der Waals surface area contributed by atoms with Crippen LogP contribution in [0, 0.1) is 0 Å². The minimum Gasteiger partial charge on any atom is -0.497 e. The van der Waals surface area contributed by atoms with Gasteiger partial charge in [-0.05, 0) is 36.4 Å². The van der Waals surface area contributed by atoms with Gasteiger partial charge in [0.2, 0.25) is 0 Å². The van der Waals surface area contributed by atoms with Gasteiger partial charge in [-0.1, -0.05) is 0 Å². The van der Waals surface area contributed by atoms with Crippen LogP contribution in [0.4, 0.5) is 0 Å². The van der Waals surface area contributed by atoms with Crippen molar-refractivity contribution in [2.45, 2.75) is 0 Å². The van der Waals surface area contributed by atoms with Crippen LogP contribution in [0.25, 0.3) is 0 Å². The van der Waals surface area contributed by atoms with Gasteiger partial charge in [-0.3, -0.25) is 14.5 Å². The van der Waals surface area contributed by atoms with Crippen molar-refractivity contribution in [1.82, 2.24) is 15.1 Å². The molecule has 0 aromatic heterocycles. The van der Waals surface area contributed by atoms with Gasteiger partial charge in [0.25, 0.3) is 11.8 Å². The third kappa shape index (κ3) is 5.67. The Labute approximate surface area is 182 Å². The highest BCUT2D eigenvalue weighted by Crippen LogP contribution is 2.26. The van der Waals surface area contributed by atoms with Crippen molar-refractivity contribution >= 4 is 11.8 Å². The first-order chi connectivity index (χ1) is 15.0. The Morgan fingerprint density at radius 3 is 2.13 bits per heavy atom. The number of benzene rings is 2. The van der Waals surface area contributed by atoms with Gasteiger partial charge in [-0.25, -0.2) is 0 Å². The second-order valence-electron chi connectivity index (χ2n) is 7.18. The highest BCUT2D eigenvalue weighted by molar-refractivity contribution is 5.97. The Morgan fingerprint density at radius 1 is 0.871 bits per heavy atom. The van der Waals surface area contributed by atoms with Crippen LogP contribution in [0.15, 0.2) is 42.5 Å². The summed E-state index contributed by atoms with van der Waals surface area (Å²) >= 11 is 0. The lowest BCUT2D eigenvalue weighted by Crippen LogP contribution is -2.50. The predicted molar refractivity (Wildman–Crippen MR) is 117 cm³/mol. The van der Waals surface area contributed by atoms with Crippen LogP contribution in [0.2, 0.25) is 0 Å². The summed E-state index contributed by atoms with van der Waals surface area (Å²) in [7, 11) is 4.72. The smallest absolute Gasteiger partial charge is 0.257 e. The van der Waals surface area contributed by atoms with Crippen LogP contribution in [0.3, 0.4) is 0 Å². The minimum absolute atomic E-state index is 0.0491. The van der Waals surface area contributed by atoms with Gasteiger partial charge >= 0.3 is 0 Å². The summed E-state index contributed by atoms with van der Waals surface area (Å²) in [6, 6.07) is 12.2. The average Bonchev–Trinajstić information content (AvgIpc) is 2.83. The zero-order chi connectivity index (χ0) is 22.2. The average molecular weight is 428 g/mol. The van der Waals surface area contributed by atoms with E-state index in [-0.39, 0.29) is 11.8 Å². The molecule has 1 aliphatic heterocycles. The largest absolute Gasteiger partial charge is 0.497 e. The molecule has 0 bridgehead atoms. The number of amides is 2. The highest BCUT2D eigenvalue weighted by atomic mass is 16.5. The number of piperazine rings is 1. The third-order valence-electron chi connectivity index (χ3n) is 5.36. The van der Waals surface area contributed by atoms with E-state index in [1.807, 2.05) is 4.90 Å². The van der Waals surface area contributed by atoms with Crippen molar-refractivity contribution in [3.05, 3.63) is 53.6 Å².